The SMILES string of the molecule is COc1ccc(C#N)c(Sc2ccc(Br)cc2)c1. The smallest absolute Gasteiger partial charge is 0.120 e. The molecule has 2 nitrogen and oxygen atoms in total. The topological polar surface area (TPSA) is 33.0 Å². The van der Waals surface area contributed by atoms with E-state index in [0.29, 0.717) is 5.56 Å². The molecule has 0 spiro atoms. The predicted molar refractivity (Wildman–Crippen MR) is 76.0 cm³/mol. The normalized spacial score (nSPS) is 9.83. The Labute approximate surface area is 119 Å². The van der Waals surface area contributed by atoms with E-state index < -0.39 is 0 Å². The van der Waals surface area contributed by atoms with Gasteiger partial charge in [0, 0.05) is 14.3 Å². The maximum absolute atomic E-state index is 9.09. The summed E-state index contributed by atoms with van der Waals surface area (Å²) < 4.78 is 6.22. The van der Waals surface area contributed by atoms with Crippen LogP contribution in [-0.4, -0.2) is 7.11 Å². The molecular formula is C14H10BrNOS. The molecular weight excluding hydrogens is 310 g/mol. The van der Waals surface area contributed by atoms with E-state index in [4.69, 9.17) is 10.00 Å². The highest BCUT2D eigenvalue weighted by atomic mass is 79.9. The van der Waals surface area contributed by atoms with Crippen LogP contribution in [0.1, 0.15) is 5.56 Å². The zero-order valence-corrected chi connectivity index (χ0v) is 12.1. The first-order valence-electron chi connectivity index (χ1n) is 5.24. The summed E-state index contributed by atoms with van der Waals surface area (Å²) >= 11 is 4.95. The second-order valence-corrected chi connectivity index (χ2v) is 5.56. The molecule has 0 aliphatic heterocycles. The zero-order chi connectivity index (χ0) is 13.0. The van der Waals surface area contributed by atoms with Crippen LogP contribution < -0.4 is 4.74 Å². The minimum Gasteiger partial charge on any atom is -0.497 e. The van der Waals surface area contributed by atoms with Crippen LogP contribution in [-0.2, 0) is 0 Å². The number of ether oxygens (including phenoxy) is 1. The van der Waals surface area contributed by atoms with Gasteiger partial charge in [0.1, 0.15) is 11.8 Å². The highest BCUT2D eigenvalue weighted by molar-refractivity contribution is 9.10. The Morgan fingerprint density at radius 3 is 2.50 bits per heavy atom. The number of nitrogens with zero attached hydrogens (tertiary/aromatic N) is 1. The van der Waals surface area contributed by atoms with E-state index in [1.165, 1.54) is 0 Å². The maximum atomic E-state index is 9.09. The van der Waals surface area contributed by atoms with Crippen molar-refractivity contribution in [3.05, 3.63) is 52.5 Å². The number of nitriles is 1. The van der Waals surface area contributed by atoms with Crippen LogP contribution in [0.2, 0.25) is 0 Å². The van der Waals surface area contributed by atoms with Gasteiger partial charge in [-0.15, -0.1) is 0 Å². The molecule has 0 atom stereocenters. The third-order valence-electron chi connectivity index (χ3n) is 2.35. The summed E-state index contributed by atoms with van der Waals surface area (Å²) in [5, 5.41) is 9.09. The van der Waals surface area contributed by atoms with Gasteiger partial charge in [-0.25, -0.2) is 0 Å². The Bertz CT molecular complexity index is 590. The van der Waals surface area contributed by atoms with Crippen molar-refractivity contribution in [3.63, 3.8) is 0 Å². The van der Waals surface area contributed by atoms with Crippen molar-refractivity contribution in [3.8, 4) is 11.8 Å². The number of methoxy groups -OCH3 is 1. The van der Waals surface area contributed by atoms with Gasteiger partial charge in [-0.3, -0.25) is 0 Å². The molecule has 2 aromatic rings. The predicted octanol–water partition coefficient (Wildman–Crippen LogP) is 4.48. The molecule has 0 bridgehead atoms. The molecule has 0 saturated carbocycles. The lowest BCUT2D eigenvalue weighted by molar-refractivity contribution is 0.413. The minimum absolute atomic E-state index is 0.656. The number of rotatable bonds is 3. The lowest BCUT2D eigenvalue weighted by atomic mass is 10.2. The van der Waals surface area contributed by atoms with Crippen LogP contribution in [0, 0.1) is 11.3 Å². The Balaban J connectivity index is 2.32. The van der Waals surface area contributed by atoms with Crippen molar-refractivity contribution in [2.45, 2.75) is 9.79 Å². The molecule has 0 aliphatic carbocycles. The third-order valence-corrected chi connectivity index (χ3v) is 3.94. The summed E-state index contributed by atoms with van der Waals surface area (Å²) in [5.41, 5.74) is 0.656. The fourth-order valence-corrected chi connectivity index (χ4v) is 2.63. The van der Waals surface area contributed by atoms with E-state index in [2.05, 4.69) is 22.0 Å². The lowest BCUT2D eigenvalue weighted by Gasteiger charge is -2.06. The molecule has 2 rings (SSSR count). The van der Waals surface area contributed by atoms with Gasteiger partial charge in [-0.1, -0.05) is 27.7 Å². The molecule has 0 unspecified atom stereocenters. The average molecular weight is 320 g/mol. The second-order valence-electron chi connectivity index (χ2n) is 3.53. The van der Waals surface area contributed by atoms with Gasteiger partial charge >= 0.3 is 0 Å². The van der Waals surface area contributed by atoms with Crippen LogP contribution in [0.15, 0.2) is 56.7 Å². The summed E-state index contributed by atoms with van der Waals surface area (Å²) in [6.45, 7) is 0. The Kier molecular flexibility index (Phi) is 4.29. The summed E-state index contributed by atoms with van der Waals surface area (Å²) in [6.07, 6.45) is 0. The molecule has 0 aromatic heterocycles. The summed E-state index contributed by atoms with van der Waals surface area (Å²) in [5.74, 6) is 0.758. The standard InChI is InChI=1S/C14H10BrNOS/c1-17-12-5-2-10(9-16)14(8-12)18-13-6-3-11(15)4-7-13/h2-8H,1H3. The summed E-state index contributed by atoms with van der Waals surface area (Å²) in [4.78, 5) is 1.99. The largest absolute Gasteiger partial charge is 0.497 e. The number of halogens is 1. The van der Waals surface area contributed by atoms with E-state index in [1.54, 1.807) is 31.0 Å². The highest BCUT2D eigenvalue weighted by Gasteiger charge is 2.06. The number of benzene rings is 2. The Morgan fingerprint density at radius 1 is 1.17 bits per heavy atom. The fourth-order valence-electron chi connectivity index (χ4n) is 1.44. The van der Waals surface area contributed by atoms with E-state index >= 15 is 0 Å². The van der Waals surface area contributed by atoms with E-state index in [1.807, 2.05) is 30.3 Å². The van der Waals surface area contributed by atoms with Crippen molar-refractivity contribution in [1.29, 1.82) is 5.26 Å². The molecule has 4 heteroatoms. The Morgan fingerprint density at radius 2 is 1.89 bits per heavy atom. The molecule has 0 saturated heterocycles. The summed E-state index contributed by atoms with van der Waals surface area (Å²) in [7, 11) is 1.62. The quantitative estimate of drug-likeness (QED) is 0.836. The molecule has 0 radical (unpaired) electrons. The van der Waals surface area contributed by atoms with Crippen molar-refractivity contribution < 1.29 is 4.74 Å². The first kappa shape index (κ1) is 13.0. The Hall–Kier alpha value is -1.44. The molecule has 0 fully saturated rings. The van der Waals surface area contributed by atoms with Gasteiger partial charge in [0.05, 0.1) is 12.7 Å². The molecule has 0 amide bonds. The first-order valence-corrected chi connectivity index (χ1v) is 6.85. The lowest BCUT2D eigenvalue weighted by Crippen LogP contribution is -1.86. The van der Waals surface area contributed by atoms with Crippen LogP contribution in [0.4, 0.5) is 0 Å². The van der Waals surface area contributed by atoms with Crippen LogP contribution in [0.5, 0.6) is 5.75 Å². The second kappa shape index (κ2) is 5.94. The third kappa shape index (κ3) is 3.06. The van der Waals surface area contributed by atoms with Crippen molar-refractivity contribution >= 4 is 27.7 Å². The van der Waals surface area contributed by atoms with Gasteiger partial charge < -0.3 is 4.74 Å². The molecule has 0 aliphatic rings. The van der Waals surface area contributed by atoms with Gasteiger partial charge in [0.25, 0.3) is 0 Å². The molecule has 18 heavy (non-hydrogen) atoms. The van der Waals surface area contributed by atoms with Crippen molar-refractivity contribution in [2.75, 3.05) is 7.11 Å². The van der Waals surface area contributed by atoms with Gasteiger partial charge in [0.15, 0.2) is 0 Å². The average Bonchev–Trinajstić information content (AvgIpc) is 2.41. The van der Waals surface area contributed by atoms with Crippen molar-refractivity contribution in [1.82, 2.24) is 0 Å². The molecule has 2 aromatic carbocycles. The maximum Gasteiger partial charge on any atom is 0.120 e. The zero-order valence-electron chi connectivity index (χ0n) is 9.68. The summed E-state index contributed by atoms with van der Waals surface area (Å²) in [6, 6.07) is 15.6. The van der Waals surface area contributed by atoms with E-state index in [9.17, 15) is 0 Å². The first-order chi connectivity index (χ1) is 8.72. The molecule has 90 valence electrons. The number of hydrogen-bond donors (Lipinski definition) is 0. The monoisotopic (exact) mass is 319 g/mol. The van der Waals surface area contributed by atoms with E-state index in [-0.39, 0.29) is 0 Å². The number of hydrogen-bond acceptors (Lipinski definition) is 3. The minimum atomic E-state index is 0.656. The highest BCUT2D eigenvalue weighted by Crippen LogP contribution is 2.33. The van der Waals surface area contributed by atoms with Crippen LogP contribution in [0.3, 0.4) is 0 Å². The molecule has 0 heterocycles. The van der Waals surface area contributed by atoms with Crippen LogP contribution in [0.25, 0.3) is 0 Å². The fraction of sp³-hybridized carbons (Fsp3) is 0.0714. The molecule has 0 N–H and O–H groups in total. The van der Waals surface area contributed by atoms with Gasteiger partial charge in [-0.2, -0.15) is 5.26 Å². The van der Waals surface area contributed by atoms with Crippen molar-refractivity contribution in [2.24, 2.45) is 0 Å². The van der Waals surface area contributed by atoms with Gasteiger partial charge in [-0.05, 0) is 42.5 Å². The van der Waals surface area contributed by atoms with Gasteiger partial charge in [0.2, 0.25) is 0 Å². The van der Waals surface area contributed by atoms with E-state index in [0.717, 1.165) is 20.0 Å². The van der Waals surface area contributed by atoms with Crippen LogP contribution >= 0.6 is 27.7 Å².